The Balaban J connectivity index is 1.72. The van der Waals surface area contributed by atoms with Crippen molar-refractivity contribution in [2.24, 2.45) is 0 Å². The number of ketones is 1. The first-order valence-corrected chi connectivity index (χ1v) is 7.07. The SMILES string of the molecule is CCCOCC(=O)Cc1ccc(CC[C@H]2CO2)cc1. The highest BCUT2D eigenvalue weighted by Gasteiger charge is 2.21. The van der Waals surface area contributed by atoms with Crippen LogP contribution in [0.25, 0.3) is 0 Å². The number of carbonyl (C=O) groups is 1. The summed E-state index contributed by atoms with van der Waals surface area (Å²) < 4.78 is 10.4. The largest absolute Gasteiger partial charge is 0.374 e. The molecule has 0 amide bonds. The number of benzene rings is 1. The maximum atomic E-state index is 11.7. The zero-order chi connectivity index (χ0) is 13.5. The summed E-state index contributed by atoms with van der Waals surface area (Å²) in [6.45, 7) is 3.85. The summed E-state index contributed by atoms with van der Waals surface area (Å²) in [6.07, 6.45) is 4.06. The molecule has 0 aliphatic carbocycles. The van der Waals surface area contributed by atoms with Crippen LogP contribution in [-0.2, 0) is 27.1 Å². The molecule has 1 saturated heterocycles. The summed E-state index contributed by atoms with van der Waals surface area (Å²) in [7, 11) is 0. The van der Waals surface area contributed by atoms with Crippen molar-refractivity contribution in [2.75, 3.05) is 19.8 Å². The summed E-state index contributed by atoms with van der Waals surface area (Å²) in [4.78, 5) is 11.7. The zero-order valence-electron chi connectivity index (χ0n) is 11.6. The van der Waals surface area contributed by atoms with Crippen LogP contribution in [-0.4, -0.2) is 31.7 Å². The van der Waals surface area contributed by atoms with E-state index in [0.717, 1.165) is 31.4 Å². The van der Waals surface area contributed by atoms with Crippen molar-refractivity contribution in [3.63, 3.8) is 0 Å². The Morgan fingerprint density at radius 2 is 2.00 bits per heavy atom. The molecular weight excluding hydrogens is 240 g/mol. The van der Waals surface area contributed by atoms with Crippen molar-refractivity contribution in [3.05, 3.63) is 35.4 Å². The third-order valence-corrected chi connectivity index (χ3v) is 3.19. The van der Waals surface area contributed by atoms with Crippen molar-refractivity contribution in [1.82, 2.24) is 0 Å². The number of hydrogen-bond donors (Lipinski definition) is 0. The molecule has 0 spiro atoms. The predicted octanol–water partition coefficient (Wildman–Crippen LogP) is 2.56. The van der Waals surface area contributed by atoms with Gasteiger partial charge in [-0.3, -0.25) is 4.79 Å². The van der Waals surface area contributed by atoms with Gasteiger partial charge >= 0.3 is 0 Å². The third kappa shape index (κ3) is 5.53. The van der Waals surface area contributed by atoms with Crippen LogP contribution in [0.15, 0.2) is 24.3 Å². The number of ether oxygens (including phenoxy) is 2. The molecule has 1 atom stereocenters. The molecule has 1 aromatic carbocycles. The van der Waals surface area contributed by atoms with Crippen molar-refractivity contribution in [2.45, 2.75) is 38.7 Å². The predicted molar refractivity (Wildman–Crippen MR) is 74.3 cm³/mol. The molecule has 0 unspecified atom stereocenters. The van der Waals surface area contributed by atoms with Gasteiger partial charge in [-0.2, -0.15) is 0 Å². The van der Waals surface area contributed by atoms with Crippen LogP contribution in [0, 0.1) is 0 Å². The Kier molecular flexibility index (Phi) is 5.55. The molecule has 104 valence electrons. The van der Waals surface area contributed by atoms with Crippen LogP contribution in [0.2, 0.25) is 0 Å². The fraction of sp³-hybridized carbons (Fsp3) is 0.562. The molecule has 0 radical (unpaired) electrons. The molecule has 1 aliphatic heterocycles. The van der Waals surface area contributed by atoms with Gasteiger partial charge in [0.2, 0.25) is 0 Å². The van der Waals surface area contributed by atoms with Crippen molar-refractivity contribution >= 4 is 5.78 Å². The van der Waals surface area contributed by atoms with Gasteiger partial charge in [0.05, 0.1) is 12.7 Å². The average Bonchev–Trinajstić information content (AvgIpc) is 3.22. The number of aryl methyl sites for hydroxylation is 1. The summed E-state index contributed by atoms with van der Waals surface area (Å²) in [5, 5.41) is 0. The van der Waals surface area contributed by atoms with E-state index in [1.54, 1.807) is 0 Å². The van der Waals surface area contributed by atoms with E-state index in [1.165, 1.54) is 5.56 Å². The van der Waals surface area contributed by atoms with Crippen molar-refractivity contribution < 1.29 is 14.3 Å². The second-order valence-electron chi connectivity index (χ2n) is 5.08. The minimum atomic E-state index is 0.146. The monoisotopic (exact) mass is 262 g/mol. The molecule has 1 aliphatic rings. The van der Waals surface area contributed by atoms with Crippen molar-refractivity contribution in [1.29, 1.82) is 0 Å². The van der Waals surface area contributed by atoms with E-state index in [2.05, 4.69) is 12.1 Å². The molecule has 0 saturated carbocycles. The number of Topliss-reactive ketones (excluding diaryl/α,β-unsaturated/α-hetero) is 1. The number of epoxide rings is 1. The second kappa shape index (κ2) is 7.41. The Labute approximate surface area is 114 Å². The number of hydrogen-bond acceptors (Lipinski definition) is 3. The summed E-state index contributed by atoms with van der Waals surface area (Å²) in [5.74, 6) is 0.146. The van der Waals surface area contributed by atoms with Crippen LogP contribution in [0.4, 0.5) is 0 Å². The van der Waals surface area contributed by atoms with Crippen LogP contribution in [0.5, 0.6) is 0 Å². The van der Waals surface area contributed by atoms with Gasteiger partial charge in [0.15, 0.2) is 5.78 Å². The highest BCUT2D eigenvalue weighted by Crippen LogP contribution is 2.17. The summed E-state index contributed by atoms with van der Waals surface area (Å²) >= 11 is 0. The van der Waals surface area contributed by atoms with Gasteiger partial charge in [-0.05, 0) is 30.4 Å². The van der Waals surface area contributed by atoms with E-state index in [4.69, 9.17) is 9.47 Å². The van der Waals surface area contributed by atoms with E-state index in [9.17, 15) is 4.79 Å². The highest BCUT2D eigenvalue weighted by molar-refractivity contribution is 5.82. The summed E-state index contributed by atoms with van der Waals surface area (Å²) in [6, 6.07) is 8.30. The van der Waals surface area contributed by atoms with E-state index < -0.39 is 0 Å². The number of rotatable bonds is 9. The van der Waals surface area contributed by atoms with Gasteiger partial charge in [0.25, 0.3) is 0 Å². The first-order chi connectivity index (χ1) is 9.28. The lowest BCUT2D eigenvalue weighted by atomic mass is 10.0. The minimum Gasteiger partial charge on any atom is -0.374 e. The molecule has 3 nitrogen and oxygen atoms in total. The second-order valence-corrected chi connectivity index (χ2v) is 5.08. The van der Waals surface area contributed by atoms with Crippen molar-refractivity contribution in [3.8, 4) is 0 Å². The zero-order valence-corrected chi connectivity index (χ0v) is 11.6. The molecule has 0 N–H and O–H groups in total. The smallest absolute Gasteiger partial charge is 0.162 e. The van der Waals surface area contributed by atoms with Crippen LogP contribution >= 0.6 is 0 Å². The van der Waals surface area contributed by atoms with Crippen LogP contribution in [0.3, 0.4) is 0 Å². The molecule has 3 heteroatoms. The number of carbonyl (C=O) groups excluding carboxylic acids is 1. The summed E-state index contributed by atoms with van der Waals surface area (Å²) in [5.41, 5.74) is 2.38. The van der Waals surface area contributed by atoms with E-state index in [1.807, 2.05) is 19.1 Å². The molecule has 0 aromatic heterocycles. The maximum absolute atomic E-state index is 11.7. The van der Waals surface area contributed by atoms with Gasteiger partial charge in [-0.25, -0.2) is 0 Å². The van der Waals surface area contributed by atoms with Gasteiger partial charge in [0, 0.05) is 13.0 Å². The fourth-order valence-corrected chi connectivity index (χ4v) is 2.00. The molecule has 0 bridgehead atoms. The molecule has 1 aromatic rings. The minimum absolute atomic E-state index is 0.146. The van der Waals surface area contributed by atoms with Gasteiger partial charge in [-0.15, -0.1) is 0 Å². The van der Waals surface area contributed by atoms with Gasteiger partial charge < -0.3 is 9.47 Å². The van der Waals surface area contributed by atoms with E-state index >= 15 is 0 Å². The standard InChI is InChI=1S/C16H22O3/c1-2-9-18-11-15(17)10-14-5-3-13(4-6-14)7-8-16-12-19-16/h3-6,16H,2,7-12H2,1H3/t16-/m0/s1. The first kappa shape index (κ1) is 14.2. The lowest BCUT2D eigenvalue weighted by Crippen LogP contribution is -2.11. The molecular formula is C16H22O3. The van der Waals surface area contributed by atoms with Crippen LogP contribution < -0.4 is 0 Å². The first-order valence-electron chi connectivity index (χ1n) is 7.07. The average molecular weight is 262 g/mol. The maximum Gasteiger partial charge on any atom is 0.162 e. The highest BCUT2D eigenvalue weighted by atomic mass is 16.6. The van der Waals surface area contributed by atoms with Gasteiger partial charge in [0.1, 0.15) is 6.61 Å². The lowest BCUT2D eigenvalue weighted by Gasteiger charge is -2.04. The molecule has 19 heavy (non-hydrogen) atoms. The fourth-order valence-electron chi connectivity index (χ4n) is 2.00. The Bertz CT molecular complexity index is 393. The molecule has 2 rings (SSSR count). The normalized spacial score (nSPS) is 17.4. The third-order valence-electron chi connectivity index (χ3n) is 3.19. The van der Waals surface area contributed by atoms with E-state index in [-0.39, 0.29) is 12.4 Å². The quantitative estimate of drug-likeness (QED) is 0.507. The van der Waals surface area contributed by atoms with Crippen LogP contribution in [0.1, 0.15) is 30.9 Å². The van der Waals surface area contributed by atoms with E-state index in [0.29, 0.717) is 19.1 Å². The lowest BCUT2D eigenvalue weighted by molar-refractivity contribution is -0.122. The Hall–Kier alpha value is -1.19. The van der Waals surface area contributed by atoms with Gasteiger partial charge in [-0.1, -0.05) is 31.2 Å². The Morgan fingerprint density at radius 3 is 2.63 bits per heavy atom. The topological polar surface area (TPSA) is 38.8 Å². The Morgan fingerprint density at radius 1 is 1.32 bits per heavy atom. The molecule has 1 fully saturated rings. The molecule has 1 heterocycles.